The van der Waals surface area contributed by atoms with E-state index >= 15 is 0 Å². The number of hydrogen-bond acceptors (Lipinski definition) is 3. The normalized spacial score (nSPS) is 16.1. The topological polar surface area (TPSA) is 37.0 Å². The third kappa shape index (κ3) is 1.68. The molecule has 1 saturated heterocycles. The maximum Gasteiger partial charge on any atom is 0.134 e. The van der Waals surface area contributed by atoms with Gasteiger partial charge in [0, 0.05) is 34.5 Å². The SMILES string of the molecule is Brc1cccc2c(NC3CNC3)nccc12. The molecule has 1 aromatic heterocycles. The predicted octanol–water partition coefficient (Wildman–Crippen LogP) is 2.38. The molecule has 1 aliphatic heterocycles. The second kappa shape index (κ2) is 4.03. The van der Waals surface area contributed by atoms with Crippen LogP contribution in [-0.4, -0.2) is 24.1 Å². The number of nitrogens with one attached hydrogen (secondary N) is 2. The van der Waals surface area contributed by atoms with Crippen LogP contribution in [0, 0.1) is 0 Å². The van der Waals surface area contributed by atoms with E-state index in [9.17, 15) is 0 Å². The lowest BCUT2D eigenvalue weighted by Gasteiger charge is -2.28. The summed E-state index contributed by atoms with van der Waals surface area (Å²) in [6, 6.07) is 8.73. The van der Waals surface area contributed by atoms with Gasteiger partial charge in [-0.3, -0.25) is 0 Å². The minimum Gasteiger partial charge on any atom is -0.364 e. The van der Waals surface area contributed by atoms with Crippen molar-refractivity contribution in [3.63, 3.8) is 0 Å². The highest BCUT2D eigenvalue weighted by molar-refractivity contribution is 9.10. The van der Waals surface area contributed by atoms with Gasteiger partial charge in [0.15, 0.2) is 0 Å². The second-order valence-electron chi connectivity index (χ2n) is 3.99. The van der Waals surface area contributed by atoms with Crippen LogP contribution in [0.4, 0.5) is 5.82 Å². The van der Waals surface area contributed by atoms with E-state index < -0.39 is 0 Å². The maximum atomic E-state index is 4.41. The van der Waals surface area contributed by atoms with Gasteiger partial charge >= 0.3 is 0 Å². The monoisotopic (exact) mass is 277 g/mol. The van der Waals surface area contributed by atoms with Gasteiger partial charge in [0.2, 0.25) is 0 Å². The standard InChI is InChI=1S/C12H12BrN3/c13-11-3-1-2-10-9(11)4-5-15-12(10)16-8-6-14-7-8/h1-5,8,14H,6-7H2,(H,15,16). The number of rotatable bonds is 2. The summed E-state index contributed by atoms with van der Waals surface area (Å²) in [5, 5.41) is 9.07. The average Bonchev–Trinajstić information content (AvgIpc) is 2.24. The summed E-state index contributed by atoms with van der Waals surface area (Å²) >= 11 is 3.56. The van der Waals surface area contributed by atoms with Crippen molar-refractivity contribution >= 4 is 32.5 Å². The zero-order chi connectivity index (χ0) is 11.0. The molecule has 3 rings (SSSR count). The number of halogens is 1. The molecular weight excluding hydrogens is 266 g/mol. The van der Waals surface area contributed by atoms with Crippen molar-refractivity contribution in [2.24, 2.45) is 0 Å². The van der Waals surface area contributed by atoms with Crippen molar-refractivity contribution < 1.29 is 0 Å². The van der Waals surface area contributed by atoms with Crippen molar-refractivity contribution in [1.82, 2.24) is 10.3 Å². The minimum atomic E-state index is 0.511. The van der Waals surface area contributed by atoms with Gasteiger partial charge in [-0.05, 0) is 12.1 Å². The molecule has 2 aromatic rings. The average molecular weight is 278 g/mol. The lowest BCUT2D eigenvalue weighted by Crippen LogP contribution is -2.51. The molecule has 2 heterocycles. The molecule has 4 heteroatoms. The van der Waals surface area contributed by atoms with E-state index in [4.69, 9.17) is 0 Å². The van der Waals surface area contributed by atoms with Gasteiger partial charge in [0.05, 0.1) is 6.04 Å². The van der Waals surface area contributed by atoms with Crippen LogP contribution in [-0.2, 0) is 0 Å². The van der Waals surface area contributed by atoms with Gasteiger partial charge in [-0.15, -0.1) is 0 Å². The molecule has 0 radical (unpaired) electrons. The summed E-state index contributed by atoms with van der Waals surface area (Å²) in [6.45, 7) is 2.04. The van der Waals surface area contributed by atoms with E-state index in [1.807, 2.05) is 18.3 Å². The van der Waals surface area contributed by atoms with Gasteiger partial charge in [0.1, 0.15) is 5.82 Å². The van der Waals surface area contributed by atoms with E-state index in [0.717, 1.165) is 23.4 Å². The number of pyridine rings is 1. The minimum absolute atomic E-state index is 0.511. The molecule has 0 bridgehead atoms. The summed E-state index contributed by atoms with van der Waals surface area (Å²) in [6.07, 6.45) is 1.85. The van der Waals surface area contributed by atoms with E-state index in [-0.39, 0.29) is 0 Å². The molecule has 0 amide bonds. The maximum absolute atomic E-state index is 4.41. The Morgan fingerprint density at radius 1 is 1.25 bits per heavy atom. The number of benzene rings is 1. The molecule has 16 heavy (non-hydrogen) atoms. The Balaban J connectivity index is 2.06. The molecule has 1 aliphatic rings. The molecule has 1 fully saturated rings. The van der Waals surface area contributed by atoms with Crippen molar-refractivity contribution in [2.75, 3.05) is 18.4 Å². The number of aromatic nitrogens is 1. The number of anilines is 1. The third-order valence-corrected chi connectivity index (χ3v) is 3.57. The van der Waals surface area contributed by atoms with Crippen LogP contribution in [0.15, 0.2) is 34.9 Å². The van der Waals surface area contributed by atoms with Gasteiger partial charge in [-0.2, -0.15) is 0 Å². The smallest absolute Gasteiger partial charge is 0.134 e. The fourth-order valence-electron chi connectivity index (χ4n) is 1.87. The van der Waals surface area contributed by atoms with Crippen LogP contribution in [0.3, 0.4) is 0 Å². The third-order valence-electron chi connectivity index (χ3n) is 2.88. The summed E-state index contributed by atoms with van der Waals surface area (Å²) in [5.41, 5.74) is 0. The first-order valence-corrected chi connectivity index (χ1v) is 6.14. The van der Waals surface area contributed by atoms with E-state index in [1.165, 1.54) is 10.8 Å². The summed E-state index contributed by atoms with van der Waals surface area (Å²) in [7, 11) is 0. The van der Waals surface area contributed by atoms with Crippen molar-refractivity contribution in [3.8, 4) is 0 Å². The molecule has 82 valence electrons. The number of nitrogens with zero attached hydrogens (tertiary/aromatic N) is 1. The van der Waals surface area contributed by atoms with Crippen molar-refractivity contribution in [2.45, 2.75) is 6.04 Å². The van der Waals surface area contributed by atoms with E-state index in [0.29, 0.717) is 6.04 Å². The van der Waals surface area contributed by atoms with Crippen LogP contribution in [0.5, 0.6) is 0 Å². The van der Waals surface area contributed by atoms with Crippen molar-refractivity contribution in [1.29, 1.82) is 0 Å². The highest BCUT2D eigenvalue weighted by Crippen LogP contribution is 2.28. The van der Waals surface area contributed by atoms with Crippen LogP contribution in [0.1, 0.15) is 0 Å². The Morgan fingerprint density at radius 2 is 2.12 bits per heavy atom. The van der Waals surface area contributed by atoms with Crippen LogP contribution < -0.4 is 10.6 Å². The zero-order valence-corrected chi connectivity index (χ0v) is 10.3. The van der Waals surface area contributed by atoms with E-state index in [2.05, 4.69) is 43.7 Å². The molecule has 0 spiro atoms. The fraction of sp³-hybridized carbons (Fsp3) is 0.250. The Labute approximate surface area is 102 Å². The Morgan fingerprint density at radius 3 is 2.88 bits per heavy atom. The Hall–Kier alpha value is -1.13. The zero-order valence-electron chi connectivity index (χ0n) is 8.70. The van der Waals surface area contributed by atoms with Gasteiger partial charge in [-0.1, -0.05) is 28.1 Å². The van der Waals surface area contributed by atoms with Gasteiger partial charge < -0.3 is 10.6 Å². The number of fused-ring (bicyclic) bond motifs is 1. The molecule has 0 aliphatic carbocycles. The highest BCUT2D eigenvalue weighted by atomic mass is 79.9. The Bertz CT molecular complexity index is 523. The van der Waals surface area contributed by atoms with Gasteiger partial charge in [-0.25, -0.2) is 4.98 Å². The quantitative estimate of drug-likeness (QED) is 0.885. The molecule has 1 aromatic carbocycles. The highest BCUT2D eigenvalue weighted by Gasteiger charge is 2.17. The van der Waals surface area contributed by atoms with Crippen molar-refractivity contribution in [3.05, 3.63) is 34.9 Å². The molecule has 0 unspecified atom stereocenters. The number of hydrogen-bond donors (Lipinski definition) is 2. The van der Waals surface area contributed by atoms with E-state index in [1.54, 1.807) is 0 Å². The molecule has 3 nitrogen and oxygen atoms in total. The fourth-order valence-corrected chi connectivity index (χ4v) is 2.37. The molecular formula is C12H12BrN3. The van der Waals surface area contributed by atoms with Crippen LogP contribution in [0.2, 0.25) is 0 Å². The van der Waals surface area contributed by atoms with Gasteiger partial charge in [0.25, 0.3) is 0 Å². The lowest BCUT2D eigenvalue weighted by molar-refractivity contribution is 0.471. The first-order chi connectivity index (χ1) is 7.84. The molecule has 2 N–H and O–H groups in total. The van der Waals surface area contributed by atoms with Crippen LogP contribution >= 0.6 is 15.9 Å². The summed E-state index contributed by atoms with van der Waals surface area (Å²) in [4.78, 5) is 4.41. The predicted molar refractivity (Wildman–Crippen MR) is 69.7 cm³/mol. The first-order valence-electron chi connectivity index (χ1n) is 5.35. The molecule has 0 atom stereocenters. The lowest BCUT2D eigenvalue weighted by atomic mass is 10.1. The first kappa shape index (κ1) is 10.1. The van der Waals surface area contributed by atoms with Crippen LogP contribution in [0.25, 0.3) is 10.8 Å². The summed E-state index contributed by atoms with van der Waals surface area (Å²) < 4.78 is 1.11. The molecule has 0 saturated carbocycles. The summed E-state index contributed by atoms with van der Waals surface area (Å²) in [5.74, 6) is 0.977. The largest absolute Gasteiger partial charge is 0.364 e. The second-order valence-corrected chi connectivity index (χ2v) is 4.85. The Kier molecular flexibility index (Phi) is 2.53.